The Morgan fingerprint density at radius 1 is 1.47 bits per heavy atom. The monoisotopic (exact) mass is 268 g/mol. The summed E-state index contributed by atoms with van der Waals surface area (Å²) in [5.74, 6) is 0.541. The maximum absolute atomic E-state index is 5.86. The molecule has 78 valence electrons. The van der Waals surface area contributed by atoms with E-state index in [-0.39, 0.29) is 0 Å². The van der Waals surface area contributed by atoms with Gasteiger partial charge in [-0.15, -0.1) is 0 Å². The van der Waals surface area contributed by atoms with Gasteiger partial charge in [-0.25, -0.2) is 4.68 Å². The summed E-state index contributed by atoms with van der Waals surface area (Å²) in [7, 11) is 1.75. The molecule has 0 aliphatic heterocycles. The molecular weight excluding hydrogens is 260 g/mol. The van der Waals surface area contributed by atoms with Gasteiger partial charge in [0.05, 0.1) is 11.4 Å². The Kier molecular flexibility index (Phi) is 2.55. The van der Waals surface area contributed by atoms with Crippen molar-refractivity contribution in [3.8, 4) is 0 Å². The molecule has 1 aromatic carbocycles. The van der Waals surface area contributed by atoms with Crippen molar-refractivity contribution in [3.63, 3.8) is 0 Å². The number of para-hydroxylation sites is 1. The summed E-state index contributed by atoms with van der Waals surface area (Å²) in [5.41, 5.74) is 7.25. The number of aromatic nitrogens is 4. The van der Waals surface area contributed by atoms with Crippen LogP contribution < -0.4 is 11.1 Å². The van der Waals surface area contributed by atoms with Crippen LogP contribution in [0.4, 0.5) is 17.3 Å². The highest BCUT2D eigenvalue weighted by Gasteiger charge is 2.06. The van der Waals surface area contributed by atoms with Crippen molar-refractivity contribution in [2.75, 3.05) is 11.1 Å². The van der Waals surface area contributed by atoms with E-state index in [4.69, 9.17) is 5.73 Å². The minimum atomic E-state index is 0.541. The van der Waals surface area contributed by atoms with Crippen LogP contribution in [-0.2, 0) is 7.05 Å². The van der Waals surface area contributed by atoms with Gasteiger partial charge >= 0.3 is 0 Å². The summed E-state index contributed by atoms with van der Waals surface area (Å²) in [6.07, 6.45) is 0. The fourth-order valence-electron chi connectivity index (χ4n) is 1.10. The van der Waals surface area contributed by atoms with Crippen LogP contribution in [0.1, 0.15) is 0 Å². The third-order valence-electron chi connectivity index (χ3n) is 1.92. The van der Waals surface area contributed by atoms with Gasteiger partial charge in [-0.3, -0.25) is 0 Å². The molecule has 0 saturated heterocycles. The molecule has 0 amide bonds. The van der Waals surface area contributed by atoms with E-state index in [0.29, 0.717) is 11.6 Å². The second-order valence-electron chi connectivity index (χ2n) is 2.95. The smallest absolute Gasteiger partial charge is 0.247 e. The number of nitrogens with two attached hydrogens (primary N) is 1. The lowest BCUT2D eigenvalue weighted by Gasteiger charge is -2.08. The quantitative estimate of drug-likeness (QED) is 0.803. The average molecular weight is 269 g/mol. The van der Waals surface area contributed by atoms with Crippen LogP contribution in [0.5, 0.6) is 0 Å². The van der Waals surface area contributed by atoms with Crippen molar-refractivity contribution in [1.82, 2.24) is 20.2 Å². The zero-order chi connectivity index (χ0) is 10.8. The number of nitrogens with one attached hydrogen (secondary N) is 1. The number of tetrazole rings is 1. The zero-order valence-electron chi connectivity index (χ0n) is 7.98. The highest BCUT2D eigenvalue weighted by molar-refractivity contribution is 9.10. The molecule has 0 fully saturated rings. The number of rotatable bonds is 2. The van der Waals surface area contributed by atoms with Gasteiger partial charge in [0.25, 0.3) is 0 Å². The minimum absolute atomic E-state index is 0.541. The Balaban J connectivity index is 2.33. The third-order valence-corrected chi connectivity index (χ3v) is 2.61. The molecule has 7 heteroatoms. The Morgan fingerprint density at radius 2 is 2.27 bits per heavy atom. The molecule has 2 aromatic rings. The number of anilines is 3. The summed E-state index contributed by atoms with van der Waals surface area (Å²) >= 11 is 3.35. The lowest BCUT2D eigenvalue weighted by molar-refractivity contribution is 0.715. The molecule has 0 unspecified atom stereocenters. The van der Waals surface area contributed by atoms with E-state index in [0.717, 1.165) is 10.2 Å². The fraction of sp³-hybridized carbons (Fsp3) is 0.125. The van der Waals surface area contributed by atoms with Crippen molar-refractivity contribution in [3.05, 3.63) is 22.7 Å². The maximum atomic E-state index is 5.86. The zero-order valence-corrected chi connectivity index (χ0v) is 9.56. The second-order valence-corrected chi connectivity index (χ2v) is 3.81. The number of aryl methyl sites for hydroxylation is 1. The lowest BCUT2D eigenvalue weighted by Crippen LogP contribution is -2.02. The van der Waals surface area contributed by atoms with Crippen LogP contribution in [0.2, 0.25) is 0 Å². The molecule has 0 aliphatic rings. The molecule has 0 aliphatic carbocycles. The average Bonchev–Trinajstić information content (AvgIpc) is 2.60. The summed E-state index contributed by atoms with van der Waals surface area (Å²) in [6.45, 7) is 0. The van der Waals surface area contributed by atoms with E-state index in [9.17, 15) is 0 Å². The second kappa shape index (κ2) is 3.85. The van der Waals surface area contributed by atoms with Gasteiger partial charge in [0, 0.05) is 11.5 Å². The molecule has 0 radical (unpaired) electrons. The third kappa shape index (κ3) is 1.91. The number of benzene rings is 1. The highest BCUT2D eigenvalue weighted by atomic mass is 79.9. The normalized spacial score (nSPS) is 10.3. The molecule has 0 atom stereocenters. The van der Waals surface area contributed by atoms with Crippen LogP contribution in [0.3, 0.4) is 0 Å². The van der Waals surface area contributed by atoms with Gasteiger partial charge < -0.3 is 11.1 Å². The van der Waals surface area contributed by atoms with Crippen molar-refractivity contribution >= 4 is 33.3 Å². The van der Waals surface area contributed by atoms with Gasteiger partial charge in [-0.05, 0) is 38.5 Å². The lowest BCUT2D eigenvalue weighted by atomic mass is 10.3. The first-order chi connectivity index (χ1) is 7.18. The highest BCUT2D eigenvalue weighted by Crippen LogP contribution is 2.28. The minimum Gasteiger partial charge on any atom is -0.396 e. The predicted molar refractivity (Wildman–Crippen MR) is 60.6 cm³/mol. The molecule has 0 saturated carbocycles. The number of hydrogen-bond acceptors (Lipinski definition) is 5. The van der Waals surface area contributed by atoms with Gasteiger partial charge in [-0.1, -0.05) is 11.2 Å². The SMILES string of the molecule is Cn1nnnc1Nc1cccc(Br)c1N. The first-order valence-corrected chi connectivity index (χ1v) is 5.01. The van der Waals surface area contributed by atoms with Gasteiger partial charge in [-0.2, -0.15) is 0 Å². The maximum Gasteiger partial charge on any atom is 0.247 e. The Hall–Kier alpha value is -1.63. The summed E-state index contributed by atoms with van der Waals surface area (Å²) < 4.78 is 2.36. The van der Waals surface area contributed by atoms with Crippen molar-refractivity contribution in [2.24, 2.45) is 7.05 Å². The molecule has 2 rings (SSSR count). The standard InChI is InChI=1S/C8H9BrN6/c1-15-8(12-13-14-15)11-6-4-2-3-5(9)7(6)10/h2-4H,10H2,1H3,(H,11,12,14). The van der Waals surface area contributed by atoms with E-state index in [2.05, 4.69) is 36.8 Å². The molecule has 0 bridgehead atoms. The molecule has 6 nitrogen and oxygen atoms in total. The number of halogens is 1. The molecule has 1 aromatic heterocycles. The number of nitrogens with zero attached hydrogens (tertiary/aromatic N) is 4. The summed E-state index contributed by atoms with van der Waals surface area (Å²) in [5, 5.41) is 14.1. The van der Waals surface area contributed by atoms with Crippen molar-refractivity contribution < 1.29 is 0 Å². The first-order valence-electron chi connectivity index (χ1n) is 4.22. The molecule has 3 N–H and O–H groups in total. The van der Waals surface area contributed by atoms with E-state index >= 15 is 0 Å². The number of hydrogen-bond donors (Lipinski definition) is 2. The van der Waals surface area contributed by atoms with Gasteiger partial charge in [0.2, 0.25) is 5.95 Å². The van der Waals surface area contributed by atoms with E-state index < -0.39 is 0 Å². The summed E-state index contributed by atoms with van der Waals surface area (Å²) in [4.78, 5) is 0. The topological polar surface area (TPSA) is 81.7 Å². The molecule has 1 heterocycles. The first kappa shape index (κ1) is 9.91. The van der Waals surface area contributed by atoms with E-state index in [1.807, 2.05) is 18.2 Å². The van der Waals surface area contributed by atoms with Crippen molar-refractivity contribution in [1.29, 1.82) is 0 Å². The fourth-order valence-corrected chi connectivity index (χ4v) is 1.47. The summed E-state index contributed by atoms with van der Waals surface area (Å²) in [6, 6.07) is 5.61. The largest absolute Gasteiger partial charge is 0.396 e. The van der Waals surface area contributed by atoms with Gasteiger partial charge in [0.15, 0.2) is 0 Å². The van der Waals surface area contributed by atoms with E-state index in [1.165, 1.54) is 4.68 Å². The van der Waals surface area contributed by atoms with Crippen LogP contribution in [0.15, 0.2) is 22.7 Å². The Bertz CT molecular complexity index is 480. The van der Waals surface area contributed by atoms with Gasteiger partial charge in [0.1, 0.15) is 0 Å². The van der Waals surface area contributed by atoms with Crippen LogP contribution in [0, 0.1) is 0 Å². The molecular formula is C8H9BrN6. The predicted octanol–water partition coefficient (Wildman–Crippen LogP) is 1.30. The molecule has 15 heavy (non-hydrogen) atoms. The molecule has 0 spiro atoms. The van der Waals surface area contributed by atoms with Crippen LogP contribution in [-0.4, -0.2) is 20.2 Å². The Labute approximate surface area is 94.6 Å². The van der Waals surface area contributed by atoms with Crippen LogP contribution >= 0.6 is 15.9 Å². The Morgan fingerprint density at radius 3 is 2.93 bits per heavy atom. The number of nitrogen functional groups attached to an aromatic ring is 1. The van der Waals surface area contributed by atoms with E-state index in [1.54, 1.807) is 7.05 Å². The van der Waals surface area contributed by atoms with Crippen molar-refractivity contribution in [2.45, 2.75) is 0 Å². The van der Waals surface area contributed by atoms with Crippen LogP contribution in [0.25, 0.3) is 0 Å².